The topological polar surface area (TPSA) is 75.5 Å². The number of halogens is 2. The molecule has 1 amide bonds. The van der Waals surface area contributed by atoms with E-state index in [0.29, 0.717) is 0 Å². The summed E-state index contributed by atoms with van der Waals surface area (Å²) in [4.78, 5) is 25.1. The van der Waals surface area contributed by atoms with Crippen molar-refractivity contribution in [2.24, 2.45) is 0 Å². The van der Waals surface area contributed by atoms with Gasteiger partial charge >= 0.3 is 0 Å². The van der Waals surface area contributed by atoms with Crippen LogP contribution in [0.2, 0.25) is 5.02 Å². The van der Waals surface area contributed by atoms with Crippen LogP contribution in [0.25, 0.3) is 0 Å². The third kappa shape index (κ3) is 5.20. The van der Waals surface area contributed by atoms with Gasteiger partial charge in [0.15, 0.2) is 0 Å². The number of rotatable bonds is 7. The van der Waals surface area contributed by atoms with Gasteiger partial charge in [-0.1, -0.05) is 54.1 Å². The molecule has 3 aromatic carbocycles. The van der Waals surface area contributed by atoms with Crippen LogP contribution in [0.4, 0.5) is 15.8 Å². The second kappa shape index (κ2) is 9.47. The van der Waals surface area contributed by atoms with Crippen LogP contribution >= 0.6 is 11.6 Å². The number of hydrogen-bond acceptors (Lipinski definition) is 4. The van der Waals surface area contributed by atoms with Gasteiger partial charge in [-0.15, -0.1) is 0 Å². The van der Waals surface area contributed by atoms with Gasteiger partial charge in [0, 0.05) is 11.1 Å². The van der Waals surface area contributed by atoms with Crippen molar-refractivity contribution in [3.8, 4) is 0 Å². The number of nitro groups is 1. The molecule has 30 heavy (non-hydrogen) atoms. The van der Waals surface area contributed by atoms with Gasteiger partial charge in [-0.05, 0) is 42.4 Å². The molecule has 0 saturated carbocycles. The molecule has 0 heterocycles. The van der Waals surface area contributed by atoms with E-state index in [2.05, 4.69) is 5.32 Å². The van der Waals surface area contributed by atoms with E-state index < -0.39 is 10.8 Å². The first-order chi connectivity index (χ1) is 14.3. The first kappa shape index (κ1) is 21.4. The number of benzene rings is 3. The smallest absolute Gasteiger partial charge is 0.294 e. The number of likely N-dealkylation sites (N-methyl/N-ethyl adjacent to an activating group) is 1. The molecule has 0 unspecified atom stereocenters. The Hall–Kier alpha value is -3.29. The van der Waals surface area contributed by atoms with Crippen molar-refractivity contribution in [2.45, 2.75) is 6.04 Å². The molecule has 0 fully saturated rings. The summed E-state index contributed by atoms with van der Waals surface area (Å²) in [5, 5.41) is 14.0. The van der Waals surface area contributed by atoms with Crippen LogP contribution in [0, 0.1) is 15.9 Å². The van der Waals surface area contributed by atoms with Crippen molar-refractivity contribution in [1.29, 1.82) is 0 Å². The minimum absolute atomic E-state index is 0.0449. The van der Waals surface area contributed by atoms with Gasteiger partial charge in [0.25, 0.3) is 5.69 Å². The second-order valence-electron chi connectivity index (χ2n) is 6.75. The molecule has 154 valence electrons. The Morgan fingerprint density at radius 3 is 2.37 bits per heavy atom. The summed E-state index contributed by atoms with van der Waals surface area (Å²) in [6, 6.07) is 19.3. The first-order valence-corrected chi connectivity index (χ1v) is 9.47. The van der Waals surface area contributed by atoms with Gasteiger partial charge in [-0.25, -0.2) is 4.39 Å². The van der Waals surface area contributed by atoms with Crippen LogP contribution < -0.4 is 5.32 Å². The first-order valence-electron chi connectivity index (χ1n) is 9.09. The molecule has 0 radical (unpaired) electrons. The summed E-state index contributed by atoms with van der Waals surface area (Å²) in [5.41, 5.74) is 1.53. The second-order valence-corrected chi connectivity index (χ2v) is 7.18. The lowest BCUT2D eigenvalue weighted by molar-refractivity contribution is -0.383. The molecule has 6 nitrogen and oxygen atoms in total. The van der Waals surface area contributed by atoms with Crippen molar-refractivity contribution < 1.29 is 14.1 Å². The molecule has 1 N–H and O–H groups in total. The number of carbonyl (C=O) groups is 1. The third-order valence-electron chi connectivity index (χ3n) is 4.57. The zero-order chi connectivity index (χ0) is 21.7. The lowest BCUT2D eigenvalue weighted by Gasteiger charge is -2.28. The normalized spacial score (nSPS) is 11.9. The molecule has 0 bridgehead atoms. The summed E-state index contributed by atoms with van der Waals surface area (Å²) in [7, 11) is 1.76. The van der Waals surface area contributed by atoms with Crippen molar-refractivity contribution in [3.63, 3.8) is 0 Å². The van der Waals surface area contributed by atoms with Gasteiger partial charge < -0.3 is 5.32 Å². The van der Waals surface area contributed by atoms with Crippen LogP contribution in [0.3, 0.4) is 0 Å². The molecule has 3 aromatic rings. The van der Waals surface area contributed by atoms with E-state index >= 15 is 0 Å². The summed E-state index contributed by atoms with van der Waals surface area (Å²) < 4.78 is 13.4. The Bertz CT molecular complexity index is 1050. The van der Waals surface area contributed by atoms with E-state index in [-0.39, 0.29) is 34.8 Å². The van der Waals surface area contributed by atoms with Crippen LogP contribution in [0.5, 0.6) is 0 Å². The molecule has 1 atom stereocenters. The van der Waals surface area contributed by atoms with Crippen LogP contribution in [-0.2, 0) is 4.79 Å². The number of amides is 1. The summed E-state index contributed by atoms with van der Waals surface area (Å²) in [5.74, 6) is -0.771. The molecular formula is C22H19ClFN3O3. The number of nitrogens with one attached hydrogen (secondary N) is 1. The highest BCUT2D eigenvalue weighted by Crippen LogP contribution is 2.29. The monoisotopic (exact) mass is 427 g/mol. The molecule has 8 heteroatoms. The van der Waals surface area contributed by atoms with E-state index in [4.69, 9.17) is 11.6 Å². The van der Waals surface area contributed by atoms with Crippen LogP contribution in [0.1, 0.15) is 17.2 Å². The minimum atomic E-state index is -0.601. The molecule has 0 aliphatic rings. The van der Waals surface area contributed by atoms with E-state index in [1.54, 1.807) is 24.1 Å². The number of anilines is 1. The zero-order valence-electron chi connectivity index (χ0n) is 16.1. The number of carbonyl (C=O) groups excluding carboxylic acids is 1. The lowest BCUT2D eigenvalue weighted by Crippen LogP contribution is -2.34. The van der Waals surface area contributed by atoms with E-state index in [1.807, 2.05) is 30.3 Å². The van der Waals surface area contributed by atoms with E-state index in [9.17, 15) is 19.3 Å². The minimum Gasteiger partial charge on any atom is -0.319 e. The van der Waals surface area contributed by atoms with Gasteiger partial charge in [0.2, 0.25) is 5.91 Å². The maximum Gasteiger partial charge on any atom is 0.294 e. The molecule has 0 aromatic heterocycles. The van der Waals surface area contributed by atoms with Gasteiger partial charge in [0.1, 0.15) is 11.5 Å². The van der Waals surface area contributed by atoms with Gasteiger partial charge in [-0.2, -0.15) is 0 Å². The quantitative estimate of drug-likeness (QED) is 0.423. The Labute approximate surface area is 178 Å². The molecular weight excluding hydrogens is 409 g/mol. The van der Waals surface area contributed by atoms with E-state index in [0.717, 1.165) is 11.1 Å². The molecule has 0 aliphatic heterocycles. The maximum atomic E-state index is 13.4. The lowest BCUT2D eigenvalue weighted by atomic mass is 9.97. The van der Waals surface area contributed by atoms with Gasteiger partial charge in [0.05, 0.1) is 17.5 Å². The summed E-state index contributed by atoms with van der Waals surface area (Å²) >= 11 is 5.82. The van der Waals surface area contributed by atoms with Gasteiger partial charge in [-0.3, -0.25) is 19.8 Å². The number of hydrogen-bond donors (Lipinski definition) is 1. The summed E-state index contributed by atoms with van der Waals surface area (Å²) in [6.07, 6.45) is 0. The predicted molar refractivity (Wildman–Crippen MR) is 114 cm³/mol. The van der Waals surface area contributed by atoms with Crippen LogP contribution in [-0.4, -0.2) is 29.3 Å². The van der Waals surface area contributed by atoms with Crippen molar-refractivity contribution >= 4 is 28.9 Å². The zero-order valence-corrected chi connectivity index (χ0v) is 16.8. The molecule has 3 rings (SSSR count). The standard InChI is InChI=1S/C22H19ClFN3O3/c1-26(14-21(28)25-19-12-9-17(23)13-20(19)27(29)30)22(15-5-3-2-4-6-15)16-7-10-18(24)11-8-16/h2-13,22H,14H2,1H3,(H,25,28)/t22-/m0/s1. The van der Waals surface area contributed by atoms with E-state index in [1.165, 1.54) is 30.3 Å². The predicted octanol–water partition coefficient (Wildman–Crippen LogP) is 5.05. The average molecular weight is 428 g/mol. The Kier molecular flexibility index (Phi) is 6.76. The highest BCUT2D eigenvalue weighted by molar-refractivity contribution is 6.31. The fraction of sp³-hybridized carbons (Fsp3) is 0.136. The average Bonchev–Trinajstić information content (AvgIpc) is 2.71. The van der Waals surface area contributed by atoms with Crippen molar-refractivity contribution in [3.05, 3.63) is 105 Å². The highest BCUT2D eigenvalue weighted by Gasteiger charge is 2.23. The SMILES string of the molecule is CN(CC(=O)Nc1ccc(Cl)cc1[N+](=O)[O-])[C@@H](c1ccccc1)c1ccc(F)cc1. The maximum absolute atomic E-state index is 13.4. The molecule has 0 spiro atoms. The highest BCUT2D eigenvalue weighted by atomic mass is 35.5. The van der Waals surface area contributed by atoms with Crippen LogP contribution in [0.15, 0.2) is 72.8 Å². The number of nitrogens with zero attached hydrogens (tertiary/aromatic N) is 2. The van der Waals surface area contributed by atoms with Crippen molar-refractivity contribution in [1.82, 2.24) is 4.90 Å². The fourth-order valence-electron chi connectivity index (χ4n) is 3.25. The summed E-state index contributed by atoms with van der Waals surface area (Å²) in [6.45, 7) is -0.0449. The molecule has 0 saturated heterocycles. The van der Waals surface area contributed by atoms with Crippen molar-refractivity contribution in [2.75, 3.05) is 18.9 Å². The molecule has 0 aliphatic carbocycles. The fourth-order valence-corrected chi connectivity index (χ4v) is 3.42. The Morgan fingerprint density at radius 1 is 1.10 bits per heavy atom. The number of nitro benzene ring substituents is 1. The Balaban J connectivity index is 1.82. The largest absolute Gasteiger partial charge is 0.319 e. The third-order valence-corrected chi connectivity index (χ3v) is 4.80. The Morgan fingerprint density at radius 2 is 1.73 bits per heavy atom.